The van der Waals surface area contributed by atoms with Gasteiger partial charge in [-0.3, -0.25) is 4.79 Å². The SMILES string of the molecule is C[C@H](NC(=O)/C(C#N)=C/c1ccc2c(c1)OCO2)C12CC3CC(CC(C3)C1)C2. The highest BCUT2D eigenvalue weighted by Gasteiger charge is 2.53. The molecule has 4 aliphatic carbocycles. The molecular formula is C23H26N2O3. The Balaban J connectivity index is 1.32. The van der Waals surface area contributed by atoms with Crippen molar-refractivity contribution in [1.29, 1.82) is 5.26 Å². The number of hydrogen-bond donors (Lipinski definition) is 1. The van der Waals surface area contributed by atoms with E-state index in [0.29, 0.717) is 11.5 Å². The second-order valence-electron chi connectivity index (χ2n) is 9.26. The highest BCUT2D eigenvalue weighted by atomic mass is 16.7. The summed E-state index contributed by atoms with van der Waals surface area (Å²) in [5.74, 6) is 3.58. The van der Waals surface area contributed by atoms with E-state index < -0.39 is 0 Å². The van der Waals surface area contributed by atoms with Crippen LogP contribution in [0, 0.1) is 34.5 Å². The molecule has 0 radical (unpaired) electrons. The Kier molecular flexibility index (Phi) is 4.12. The van der Waals surface area contributed by atoms with Gasteiger partial charge in [0.2, 0.25) is 6.79 Å². The van der Waals surface area contributed by atoms with E-state index in [4.69, 9.17) is 9.47 Å². The zero-order chi connectivity index (χ0) is 19.3. The molecule has 6 rings (SSSR count). The van der Waals surface area contributed by atoms with Crippen LogP contribution in [0.15, 0.2) is 23.8 Å². The molecule has 4 fully saturated rings. The van der Waals surface area contributed by atoms with Gasteiger partial charge in [-0.1, -0.05) is 6.07 Å². The van der Waals surface area contributed by atoms with Crippen LogP contribution in [0.4, 0.5) is 0 Å². The third-order valence-corrected chi connectivity index (χ3v) is 7.42. The third-order valence-electron chi connectivity index (χ3n) is 7.42. The smallest absolute Gasteiger partial charge is 0.262 e. The Morgan fingerprint density at radius 3 is 2.46 bits per heavy atom. The van der Waals surface area contributed by atoms with E-state index in [2.05, 4.69) is 18.3 Å². The molecule has 5 nitrogen and oxygen atoms in total. The molecule has 0 aromatic heterocycles. The second kappa shape index (κ2) is 6.55. The standard InChI is InChI=1S/C23H26N2O3/c1-14(23-9-16-4-17(10-23)6-18(5-16)11-23)25-22(26)19(12-24)7-15-2-3-20-21(8-15)28-13-27-20/h2-3,7-8,14,16-18H,4-6,9-11,13H2,1H3,(H,25,26)/b19-7+/t14-,16?,17?,18?,23?/m0/s1. The van der Waals surface area contributed by atoms with E-state index in [-0.39, 0.29) is 29.7 Å². The van der Waals surface area contributed by atoms with Crippen LogP contribution in [0.25, 0.3) is 6.08 Å². The first-order valence-electron chi connectivity index (χ1n) is 10.4. The molecule has 0 unspecified atom stereocenters. The number of rotatable bonds is 4. The predicted molar refractivity (Wildman–Crippen MR) is 104 cm³/mol. The van der Waals surface area contributed by atoms with Gasteiger partial charge in [-0.05, 0) is 92.4 Å². The summed E-state index contributed by atoms with van der Waals surface area (Å²) in [6.45, 7) is 2.34. The summed E-state index contributed by atoms with van der Waals surface area (Å²) in [7, 11) is 0. The summed E-state index contributed by atoms with van der Waals surface area (Å²) in [6.07, 6.45) is 9.47. The van der Waals surface area contributed by atoms with Crippen molar-refractivity contribution in [2.24, 2.45) is 23.2 Å². The van der Waals surface area contributed by atoms with Crippen LogP contribution in [0.2, 0.25) is 0 Å². The molecule has 4 saturated carbocycles. The van der Waals surface area contributed by atoms with Gasteiger partial charge in [0.1, 0.15) is 11.6 Å². The first-order chi connectivity index (χ1) is 13.5. The third kappa shape index (κ3) is 2.96. The zero-order valence-corrected chi connectivity index (χ0v) is 16.2. The number of ether oxygens (including phenoxy) is 2. The lowest BCUT2D eigenvalue weighted by atomic mass is 9.48. The van der Waals surface area contributed by atoms with Gasteiger partial charge in [-0.25, -0.2) is 0 Å². The van der Waals surface area contributed by atoms with Crippen LogP contribution >= 0.6 is 0 Å². The summed E-state index contributed by atoms with van der Waals surface area (Å²) in [5, 5.41) is 12.7. The molecule has 146 valence electrons. The Bertz CT molecular complexity index is 847. The molecule has 1 aromatic carbocycles. The molecule has 0 saturated heterocycles. The van der Waals surface area contributed by atoms with Gasteiger partial charge in [0, 0.05) is 6.04 Å². The van der Waals surface area contributed by atoms with Gasteiger partial charge >= 0.3 is 0 Å². The predicted octanol–water partition coefficient (Wildman–Crippen LogP) is 4.04. The molecule has 5 heteroatoms. The van der Waals surface area contributed by atoms with Crippen molar-refractivity contribution >= 4 is 12.0 Å². The van der Waals surface area contributed by atoms with Gasteiger partial charge in [-0.2, -0.15) is 5.26 Å². The molecule has 1 amide bonds. The minimum absolute atomic E-state index is 0.0990. The summed E-state index contributed by atoms with van der Waals surface area (Å²) in [5.41, 5.74) is 1.12. The van der Waals surface area contributed by atoms with Gasteiger partial charge in [-0.15, -0.1) is 0 Å². The summed E-state index contributed by atoms with van der Waals surface area (Å²) in [4.78, 5) is 12.9. The number of benzene rings is 1. The fourth-order valence-corrected chi connectivity index (χ4v) is 6.45. The van der Waals surface area contributed by atoms with Gasteiger partial charge in [0.05, 0.1) is 0 Å². The van der Waals surface area contributed by atoms with Crippen molar-refractivity contribution in [2.45, 2.75) is 51.5 Å². The summed E-state index contributed by atoms with van der Waals surface area (Å²) in [6, 6.07) is 7.61. The fraction of sp³-hybridized carbons (Fsp3) is 0.565. The van der Waals surface area contributed by atoms with Crippen LogP contribution in [0.5, 0.6) is 11.5 Å². The van der Waals surface area contributed by atoms with Crippen LogP contribution in [-0.4, -0.2) is 18.7 Å². The number of carbonyl (C=O) groups excluding carboxylic acids is 1. The molecule has 1 heterocycles. The van der Waals surface area contributed by atoms with Crippen molar-refractivity contribution in [3.05, 3.63) is 29.3 Å². The Hall–Kier alpha value is -2.48. The molecule has 4 bridgehead atoms. The molecular weight excluding hydrogens is 352 g/mol. The molecule has 1 atom stereocenters. The Morgan fingerprint density at radius 2 is 1.82 bits per heavy atom. The highest BCUT2D eigenvalue weighted by Crippen LogP contribution is 2.61. The van der Waals surface area contributed by atoms with Crippen molar-refractivity contribution in [1.82, 2.24) is 5.32 Å². The lowest BCUT2D eigenvalue weighted by molar-refractivity contribution is -0.121. The summed E-state index contributed by atoms with van der Waals surface area (Å²) < 4.78 is 10.7. The molecule has 5 aliphatic rings. The van der Waals surface area contributed by atoms with Crippen LogP contribution in [0.3, 0.4) is 0 Å². The lowest BCUT2D eigenvalue weighted by Crippen LogP contribution is -2.55. The summed E-state index contributed by atoms with van der Waals surface area (Å²) >= 11 is 0. The van der Waals surface area contributed by atoms with Crippen molar-refractivity contribution in [2.75, 3.05) is 6.79 Å². The topological polar surface area (TPSA) is 71.4 Å². The van der Waals surface area contributed by atoms with Crippen LogP contribution in [0.1, 0.15) is 51.0 Å². The van der Waals surface area contributed by atoms with Gasteiger partial charge < -0.3 is 14.8 Å². The maximum atomic E-state index is 12.9. The van der Waals surface area contributed by atoms with E-state index in [9.17, 15) is 10.1 Å². The monoisotopic (exact) mass is 378 g/mol. The van der Waals surface area contributed by atoms with E-state index >= 15 is 0 Å². The highest BCUT2D eigenvalue weighted by molar-refractivity contribution is 6.01. The number of hydrogen-bond acceptors (Lipinski definition) is 4. The molecule has 1 aliphatic heterocycles. The number of nitrogens with one attached hydrogen (secondary N) is 1. The number of nitriles is 1. The lowest BCUT2D eigenvalue weighted by Gasteiger charge is -2.59. The molecule has 1 aromatic rings. The fourth-order valence-electron chi connectivity index (χ4n) is 6.45. The first-order valence-corrected chi connectivity index (χ1v) is 10.4. The number of amides is 1. The zero-order valence-electron chi connectivity index (χ0n) is 16.2. The van der Waals surface area contributed by atoms with Gasteiger partial charge in [0.25, 0.3) is 5.91 Å². The Morgan fingerprint density at radius 1 is 1.18 bits per heavy atom. The number of carbonyl (C=O) groups is 1. The normalized spacial score (nSPS) is 33.4. The van der Waals surface area contributed by atoms with Crippen molar-refractivity contribution in [3.8, 4) is 17.6 Å². The van der Waals surface area contributed by atoms with E-state index in [1.807, 2.05) is 6.07 Å². The van der Waals surface area contributed by atoms with Crippen LogP contribution < -0.4 is 14.8 Å². The maximum absolute atomic E-state index is 12.9. The van der Waals surface area contributed by atoms with Crippen molar-refractivity contribution < 1.29 is 14.3 Å². The largest absolute Gasteiger partial charge is 0.454 e. The van der Waals surface area contributed by atoms with E-state index in [1.165, 1.54) is 38.5 Å². The minimum atomic E-state index is -0.275. The van der Waals surface area contributed by atoms with E-state index in [1.54, 1.807) is 18.2 Å². The van der Waals surface area contributed by atoms with Crippen molar-refractivity contribution in [3.63, 3.8) is 0 Å². The average Bonchev–Trinajstić information content (AvgIpc) is 3.12. The van der Waals surface area contributed by atoms with E-state index in [0.717, 1.165) is 23.3 Å². The molecule has 28 heavy (non-hydrogen) atoms. The quantitative estimate of drug-likeness (QED) is 0.634. The minimum Gasteiger partial charge on any atom is -0.454 e. The molecule has 1 N–H and O–H groups in total. The average molecular weight is 378 g/mol. The number of nitrogens with zero attached hydrogens (tertiary/aromatic N) is 1. The molecule has 0 spiro atoms. The van der Waals surface area contributed by atoms with Crippen LogP contribution in [-0.2, 0) is 4.79 Å². The Labute approximate surface area is 165 Å². The first kappa shape index (κ1) is 17.6. The van der Waals surface area contributed by atoms with Gasteiger partial charge in [0.15, 0.2) is 11.5 Å². The second-order valence-corrected chi connectivity index (χ2v) is 9.26. The number of fused-ring (bicyclic) bond motifs is 1. The maximum Gasteiger partial charge on any atom is 0.262 e.